The van der Waals surface area contributed by atoms with Crippen LogP contribution in [0.1, 0.15) is 75.2 Å². The van der Waals surface area contributed by atoms with Crippen molar-refractivity contribution in [2.24, 2.45) is 5.92 Å². The lowest BCUT2D eigenvalue weighted by Gasteiger charge is -2.31. The summed E-state index contributed by atoms with van der Waals surface area (Å²) in [6.45, 7) is 2.17. The van der Waals surface area contributed by atoms with Crippen LogP contribution in [0.5, 0.6) is 0 Å². The molecule has 2 unspecified atom stereocenters. The lowest BCUT2D eigenvalue weighted by atomic mass is 10.0. The second-order valence-corrected chi connectivity index (χ2v) is 30.8. The van der Waals surface area contributed by atoms with Gasteiger partial charge in [-0.1, -0.05) is 61.5 Å². The molecule has 98 heavy (non-hydrogen) atoms. The number of hydrogen-bond donors (Lipinski definition) is 2. The zero-order chi connectivity index (χ0) is 68.7. The van der Waals surface area contributed by atoms with Crippen LogP contribution >= 0.6 is 21.0 Å². The van der Waals surface area contributed by atoms with Gasteiger partial charge in [0.25, 0.3) is 11.8 Å². The minimum atomic E-state index is -4.16. The molecule has 37 heteroatoms. The number of hydrogen-bond acceptors (Lipinski definition) is 28. The predicted octanol–water partition coefficient (Wildman–Crippen LogP) is 8.99. The van der Waals surface area contributed by atoms with Gasteiger partial charge in [0.15, 0.2) is 64.4 Å². The summed E-state index contributed by atoms with van der Waals surface area (Å²) < 4.78 is 101. The molecule has 0 aliphatic carbocycles. The fourth-order valence-electron chi connectivity index (χ4n) is 11.5. The van der Waals surface area contributed by atoms with Gasteiger partial charge in [0.2, 0.25) is 6.54 Å². The van der Waals surface area contributed by atoms with Crippen molar-refractivity contribution < 1.29 is 78.8 Å². The highest BCUT2D eigenvalue weighted by Crippen LogP contribution is 2.58. The average molecular weight is 1440 g/mol. The van der Waals surface area contributed by atoms with Gasteiger partial charge in [-0.3, -0.25) is 32.4 Å². The molecule has 0 bridgehead atoms. The van der Waals surface area contributed by atoms with Crippen LogP contribution in [0.2, 0.25) is 0 Å². The Labute approximate surface area is 570 Å². The molecule has 6 aromatic heterocycles. The molecule has 0 spiro atoms. The number of imidazole rings is 3. The van der Waals surface area contributed by atoms with Crippen LogP contribution in [0.15, 0.2) is 129 Å². The van der Waals surface area contributed by atoms with E-state index < -0.39 is 106 Å². The molecule has 514 valence electrons. The number of carbonyl (C=O) groups is 3. The first kappa shape index (κ1) is 70.1. The Balaban J connectivity index is 0.846. The van der Waals surface area contributed by atoms with Crippen molar-refractivity contribution in [3.05, 3.63) is 163 Å². The summed E-state index contributed by atoms with van der Waals surface area (Å²) in [6.07, 6.45) is -1.44. The molecule has 0 radical (unpaired) electrons. The lowest BCUT2D eigenvalue weighted by molar-refractivity contribution is -0.0608. The maximum absolute atomic E-state index is 14.0. The average Bonchev–Trinajstić information content (AvgIpc) is 1.62. The fourth-order valence-corrected chi connectivity index (χ4v) is 16.3. The molecule has 9 aromatic rings. The molecule has 3 aliphatic heterocycles. The number of anilines is 2. The van der Waals surface area contributed by atoms with Crippen LogP contribution in [0.25, 0.3) is 38.3 Å². The first-order valence-corrected chi connectivity index (χ1v) is 37.4. The van der Waals surface area contributed by atoms with Crippen LogP contribution in [0, 0.1) is 19.4 Å². The van der Waals surface area contributed by atoms with Crippen molar-refractivity contribution in [2.45, 2.75) is 88.1 Å². The van der Waals surface area contributed by atoms with E-state index in [1.165, 1.54) is 64.6 Å². The van der Waals surface area contributed by atoms with Crippen LogP contribution in [0.3, 0.4) is 0 Å². The van der Waals surface area contributed by atoms with Gasteiger partial charge in [-0.15, -0.1) is 0 Å². The van der Waals surface area contributed by atoms with Gasteiger partial charge in [0, 0.05) is 51.9 Å². The van der Waals surface area contributed by atoms with Gasteiger partial charge in [-0.2, -0.15) is 0 Å². The summed E-state index contributed by atoms with van der Waals surface area (Å²) in [5.41, 5.74) is 3.43. The first-order valence-electron chi connectivity index (χ1n) is 30.5. The Bertz CT molecular complexity index is 4520. The number of ether oxygens (including phenoxy) is 5. The van der Waals surface area contributed by atoms with Crippen molar-refractivity contribution in [3.8, 4) is 0 Å². The highest BCUT2D eigenvalue weighted by molar-refractivity contribution is 8.07. The SMILES string of the molecule is [C-]#[N+]CCOP(=S)(OC[C@H]1O[C@@H](n2cnc3c(NC(=O)c4ccccc4)ncnc32)[C@H](OC(=O)c2ccccc2)[C@@H]1C)O[C@@H]1[C@H](OC)[C@@H](COP(=S)(OC)O[C@@H]2C[C@@H](CCP(=O)(OC)OC)O[C@H]2n2cnc3c(C)ncnc32)O[C@H]1n1cnc2c(NC(=O)c3ccccc3)ncnc21. The molecule has 2 amide bonds. The van der Waals surface area contributed by atoms with Crippen LogP contribution < -0.4 is 10.6 Å². The minimum absolute atomic E-state index is 0.0277. The quantitative estimate of drug-likeness (QED) is 0.0191. The van der Waals surface area contributed by atoms with Gasteiger partial charge in [0.05, 0.1) is 61.8 Å². The maximum atomic E-state index is 14.0. The number of benzene rings is 3. The maximum Gasteiger partial charge on any atom is 0.338 e. The minimum Gasteiger partial charge on any atom is -0.454 e. The van der Waals surface area contributed by atoms with E-state index in [1.54, 1.807) is 120 Å². The Morgan fingerprint density at radius 1 is 0.602 bits per heavy atom. The third kappa shape index (κ3) is 15.2. The Morgan fingerprint density at radius 2 is 1.11 bits per heavy atom. The number of nitrogens with zero attached hydrogens (tertiary/aromatic N) is 13. The predicted molar refractivity (Wildman–Crippen MR) is 357 cm³/mol. The van der Waals surface area contributed by atoms with E-state index in [4.69, 9.17) is 90.1 Å². The number of carbonyl (C=O) groups excluding carboxylic acids is 3. The molecule has 3 aromatic carbocycles. The summed E-state index contributed by atoms with van der Waals surface area (Å²) in [5.74, 6) is -2.01. The molecular weight excluding hydrogens is 1370 g/mol. The lowest BCUT2D eigenvalue weighted by Crippen LogP contribution is -2.37. The van der Waals surface area contributed by atoms with Crippen LogP contribution in [-0.4, -0.2) is 180 Å². The smallest absolute Gasteiger partial charge is 0.338 e. The van der Waals surface area contributed by atoms with Gasteiger partial charge >= 0.3 is 27.0 Å². The molecule has 12 rings (SSSR count). The Kier molecular flexibility index (Phi) is 22.0. The van der Waals surface area contributed by atoms with Gasteiger partial charge in [-0.05, 0) is 73.4 Å². The number of amides is 2. The van der Waals surface area contributed by atoms with E-state index in [9.17, 15) is 18.9 Å². The fraction of sp³-hybridized carbons (Fsp3) is 0.393. The molecule has 13 atom stereocenters. The zero-order valence-corrected chi connectivity index (χ0v) is 57.7. The van der Waals surface area contributed by atoms with E-state index in [0.717, 1.165) is 0 Å². The van der Waals surface area contributed by atoms with E-state index in [0.29, 0.717) is 28.0 Å². The third-order valence-electron chi connectivity index (χ3n) is 16.5. The summed E-state index contributed by atoms with van der Waals surface area (Å²) in [4.78, 5) is 84.9. The van der Waals surface area contributed by atoms with Crippen LogP contribution in [-0.2, 0) is 88.1 Å². The zero-order valence-electron chi connectivity index (χ0n) is 53.3. The topological polar surface area (TPSA) is 347 Å². The summed E-state index contributed by atoms with van der Waals surface area (Å²) in [7, 11) is 1.94. The van der Waals surface area contributed by atoms with Gasteiger partial charge in [-0.25, -0.2) is 56.2 Å². The highest BCUT2D eigenvalue weighted by atomic mass is 32.5. The molecule has 3 aliphatic rings. The molecule has 32 nitrogen and oxygen atoms in total. The van der Waals surface area contributed by atoms with Crippen molar-refractivity contribution in [2.75, 3.05) is 71.6 Å². The second-order valence-electron chi connectivity index (χ2n) is 22.4. The molecular formula is C61H66N15O17P3S2. The Hall–Kier alpha value is -7.74. The van der Waals surface area contributed by atoms with Gasteiger partial charge in [0.1, 0.15) is 55.5 Å². The first-order chi connectivity index (χ1) is 47.5. The number of methoxy groups -OCH3 is 1. The molecule has 3 saturated heterocycles. The summed E-state index contributed by atoms with van der Waals surface area (Å²) >= 11 is 12.5. The number of aryl methyl sites for hydroxylation is 1. The van der Waals surface area contributed by atoms with Crippen molar-refractivity contribution in [3.63, 3.8) is 0 Å². The molecule has 3 fully saturated rings. The molecule has 2 N–H and O–H groups in total. The van der Waals surface area contributed by atoms with Gasteiger partial charge < -0.3 is 70.8 Å². The van der Waals surface area contributed by atoms with Crippen LogP contribution in [0.4, 0.5) is 11.6 Å². The van der Waals surface area contributed by atoms with Crippen molar-refractivity contribution in [1.82, 2.24) is 58.6 Å². The van der Waals surface area contributed by atoms with Crippen molar-refractivity contribution >= 4 is 108 Å². The van der Waals surface area contributed by atoms with E-state index in [1.807, 2.05) is 0 Å². The third-order valence-corrected chi connectivity index (χ3v) is 23.3. The largest absolute Gasteiger partial charge is 0.454 e. The van der Waals surface area contributed by atoms with E-state index >= 15 is 0 Å². The summed E-state index contributed by atoms with van der Waals surface area (Å²) in [6, 6.07) is 25.5. The number of esters is 1. The molecule has 0 saturated carbocycles. The highest BCUT2D eigenvalue weighted by Gasteiger charge is 2.53. The monoisotopic (exact) mass is 1440 g/mol. The number of aromatic nitrogens is 12. The standard InChI is InChI=1S/C61H66N15O17P3S2/c1-36-43(89-59(48(36)91-61(79)40-21-15-10-16-22-40)75-34-70-46-51(64-31-67-54(46)75)72-56(77)38-17-11-8-12-18-38)28-87-96(98,85-25-24-62-3)93-50-49(81-4)44(90-60(50)76-35-71-47-52(65-32-68-55(47)76)73-57(78)39-19-13-9-14-20-39)29-86-95(97,84-7)92-42-27-41(23-26-94(80,82-5)83-6)88-58(42)74-33-69-45-37(2)63-30-66-53(45)74/h8-22,30-36,41-44,48-50,58-60H,23-29H2,1-2,4-7H3,(H,64,67,72,77)(H,65,68,73,78)/t36-,41-,42-,43-,44-,48-,49-,50-,58-,59-,60-,95?,96?/m1/s1. The van der Waals surface area contributed by atoms with E-state index in [2.05, 4.69) is 60.3 Å². The molecule has 9 heterocycles. The van der Waals surface area contributed by atoms with Crippen molar-refractivity contribution in [1.29, 1.82) is 0 Å². The summed E-state index contributed by atoms with van der Waals surface area (Å²) in [5, 5.41) is 5.65. The second kappa shape index (κ2) is 30.8. The normalized spacial score (nSPS) is 23.7. The number of fused-ring (bicyclic) bond motifs is 3. The van der Waals surface area contributed by atoms with E-state index in [-0.39, 0.29) is 84.9 Å². The Morgan fingerprint density at radius 3 is 1.67 bits per heavy atom. The number of nitrogens with one attached hydrogen (secondary N) is 2. The number of rotatable bonds is 29.